The Morgan fingerprint density at radius 3 is 1.66 bits per heavy atom. The predicted octanol–water partition coefficient (Wildman–Crippen LogP) is -1.92. The third-order valence-corrected chi connectivity index (χ3v) is 6.43. The highest BCUT2D eigenvalue weighted by atomic mass is 16.5. The van der Waals surface area contributed by atoms with Crippen LogP contribution in [0, 0.1) is 5.92 Å². The maximum absolute atomic E-state index is 12.3. The van der Waals surface area contributed by atoms with Crippen molar-refractivity contribution in [2.75, 3.05) is 78.5 Å². The number of aliphatic hydroxyl groups is 2. The Morgan fingerprint density at radius 2 is 1.21 bits per heavy atom. The summed E-state index contributed by atoms with van der Waals surface area (Å²) in [4.78, 5) is 53.9. The molecule has 1 aliphatic rings. The van der Waals surface area contributed by atoms with Gasteiger partial charge in [0, 0.05) is 71.9 Å². The molecule has 220 valence electrons. The van der Waals surface area contributed by atoms with Crippen LogP contribution in [-0.2, 0) is 19.2 Å². The van der Waals surface area contributed by atoms with Gasteiger partial charge in [-0.1, -0.05) is 13.8 Å². The molecule has 1 fully saturated rings. The fourth-order valence-electron chi connectivity index (χ4n) is 4.30. The zero-order valence-electron chi connectivity index (χ0n) is 22.5. The van der Waals surface area contributed by atoms with Gasteiger partial charge in [-0.2, -0.15) is 0 Å². The molecule has 14 heteroatoms. The van der Waals surface area contributed by atoms with Gasteiger partial charge in [-0.15, -0.1) is 0 Å². The smallest absolute Gasteiger partial charge is 0.320 e. The molecule has 0 radical (unpaired) electrons. The molecule has 14 nitrogen and oxygen atoms in total. The van der Waals surface area contributed by atoms with E-state index >= 15 is 0 Å². The van der Waals surface area contributed by atoms with Crippen LogP contribution in [0.15, 0.2) is 0 Å². The van der Waals surface area contributed by atoms with Crippen molar-refractivity contribution in [1.29, 1.82) is 0 Å². The van der Waals surface area contributed by atoms with Crippen molar-refractivity contribution in [3.05, 3.63) is 0 Å². The van der Waals surface area contributed by atoms with Crippen LogP contribution in [0.4, 0.5) is 0 Å². The Balaban J connectivity index is 3.03. The van der Waals surface area contributed by atoms with E-state index in [-0.39, 0.29) is 77.7 Å². The summed E-state index contributed by atoms with van der Waals surface area (Å²) in [6, 6.07) is -0.995. The summed E-state index contributed by atoms with van der Waals surface area (Å²) in [7, 11) is 0. The summed E-state index contributed by atoms with van der Waals surface area (Å²) in [5.74, 6) is -2.99. The maximum Gasteiger partial charge on any atom is 0.320 e. The second-order valence-corrected chi connectivity index (χ2v) is 10.1. The number of carboxylic acid groups (broad SMARTS) is 3. The molecule has 38 heavy (non-hydrogen) atoms. The van der Waals surface area contributed by atoms with Gasteiger partial charge in [-0.3, -0.25) is 38.8 Å². The highest BCUT2D eigenvalue weighted by molar-refractivity contribution is 5.78. The summed E-state index contributed by atoms with van der Waals surface area (Å²) < 4.78 is 0. The zero-order valence-corrected chi connectivity index (χ0v) is 22.5. The van der Waals surface area contributed by atoms with Crippen molar-refractivity contribution in [2.45, 2.75) is 45.4 Å². The van der Waals surface area contributed by atoms with Gasteiger partial charge >= 0.3 is 17.9 Å². The average Bonchev–Trinajstić information content (AvgIpc) is 2.78. The minimum atomic E-state index is -1.62. The summed E-state index contributed by atoms with van der Waals surface area (Å²) in [5.41, 5.74) is 0. The maximum atomic E-state index is 12.3. The molecule has 0 bridgehead atoms. The molecular weight excluding hydrogens is 502 g/mol. The summed E-state index contributed by atoms with van der Waals surface area (Å²) in [6.45, 7) is 5.99. The van der Waals surface area contributed by atoms with Gasteiger partial charge in [-0.05, 0) is 18.8 Å². The number of carbonyl (C=O) groups excluding carboxylic acids is 1. The molecule has 0 unspecified atom stereocenters. The largest absolute Gasteiger partial charge is 0.480 e. The Kier molecular flexibility index (Phi) is 16.0. The number of aliphatic hydroxyl groups excluding tert-OH is 1. The molecule has 0 aromatic rings. The van der Waals surface area contributed by atoms with Crippen molar-refractivity contribution in [3.8, 4) is 0 Å². The predicted molar refractivity (Wildman–Crippen MR) is 138 cm³/mol. The zero-order chi connectivity index (χ0) is 28.7. The highest BCUT2D eigenvalue weighted by Crippen LogP contribution is 2.11. The molecule has 1 aliphatic heterocycles. The van der Waals surface area contributed by atoms with Crippen molar-refractivity contribution in [3.63, 3.8) is 0 Å². The number of carboxylic acids is 3. The Labute approximate surface area is 223 Å². The molecule has 1 saturated heterocycles. The number of hydrogen-bond acceptors (Lipinski definition) is 10. The molecule has 1 heterocycles. The van der Waals surface area contributed by atoms with Crippen LogP contribution in [-0.4, -0.2) is 160 Å². The molecule has 1 rings (SSSR count). The van der Waals surface area contributed by atoms with Gasteiger partial charge in [0.1, 0.15) is 6.04 Å². The van der Waals surface area contributed by atoms with Crippen molar-refractivity contribution < 1.29 is 44.7 Å². The number of rotatable bonds is 14. The van der Waals surface area contributed by atoms with E-state index in [2.05, 4.69) is 5.32 Å². The molecule has 6 N–H and O–H groups in total. The van der Waals surface area contributed by atoms with Crippen LogP contribution in [0.25, 0.3) is 0 Å². The van der Waals surface area contributed by atoms with Gasteiger partial charge in [0.15, 0.2) is 6.29 Å². The third kappa shape index (κ3) is 15.1. The molecule has 0 aromatic carbocycles. The number of nitrogens with one attached hydrogen (secondary N) is 1. The van der Waals surface area contributed by atoms with Crippen molar-refractivity contribution >= 4 is 23.8 Å². The van der Waals surface area contributed by atoms with E-state index in [1.54, 1.807) is 19.6 Å². The van der Waals surface area contributed by atoms with Gasteiger partial charge in [0.25, 0.3) is 0 Å². The quantitative estimate of drug-likeness (QED) is 0.132. The number of aliphatic carboxylic acids is 3. The SMILES string of the molecule is CC(C)CCNC(=O)CC[C@H](C(=O)O)N1CCN(CC(=O)O)CCN(CC(=O)O)CCN(CC(O)O)CC1. The highest BCUT2D eigenvalue weighted by Gasteiger charge is 2.28. The average molecular weight is 548 g/mol. The third-order valence-electron chi connectivity index (χ3n) is 6.43. The van der Waals surface area contributed by atoms with E-state index in [9.17, 15) is 44.7 Å². The Hall–Kier alpha value is -2.36. The lowest BCUT2D eigenvalue weighted by Gasteiger charge is -2.35. The second kappa shape index (κ2) is 18.0. The standard InChI is InChI=1S/C24H45N5O9/c1-18(2)5-6-25-20(30)4-3-19(24(37)38)29-13-11-27(16-22(33)34)9-7-26(15-21(31)32)8-10-28(12-14-29)17-23(35)36/h18-19,22,33-34H,3-17H2,1-2H3,(H,25,30)(H,31,32)(H,35,36)(H,37,38)/t19-/m1/s1. The summed E-state index contributed by atoms with van der Waals surface area (Å²) in [6.07, 6.45) is -0.722. The lowest BCUT2D eigenvalue weighted by atomic mass is 10.1. The van der Waals surface area contributed by atoms with E-state index in [1.807, 2.05) is 13.8 Å². The van der Waals surface area contributed by atoms with Crippen LogP contribution < -0.4 is 5.32 Å². The molecule has 1 amide bonds. The normalized spacial score (nSPS) is 18.6. The first-order chi connectivity index (χ1) is 17.9. The van der Waals surface area contributed by atoms with E-state index in [1.165, 1.54) is 0 Å². The van der Waals surface area contributed by atoms with Crippen LogP contribution in [0.1, 0.15) is 33.1 Å². The van der Waals surface area contributed by atoms with E-state index in [0.717, 1.165) is 6.42 Å². The fraction of sp³-hybridized carbons (Fsp3) is 0.833. The van der Waals surface area contributed by atoms with Gasteiger partial charge in [0.05, 0.1) is 13.1 Å². The number of β-amino-alcohol motifs (C(OH)–C–C–N with tert-alkyl or cyclic N) is 2. The molecule has 1 atom stereocenters. The summed E-state index contributed by atoms with van der Waals surface area (Å²) in [5, 5.41) is 50.4. The van der Waals surface area contributed by atoms with E-state index in [0.29, 0.717) is 25.6 Å². The van der Waals surface area contributed by atoms with Crippen molar-refractivity contribution in [2.24, 2.45) is 5.92 Å². The lowest BCUT2D eigenvalue weighted by Crippen LogP contribution is -2.52. The van der Waals surface area contributed by atoms with E-state index < -0.39 is 30.2 Å². The molecule has 0 aliphatic carbocycles. The number of nitrogens with zero attached hydrogens (tertiary/aromatic N) is 4. The first-order valence-electron chi connectivity index (χ1n) is 13.1. The van der Waals surface area contributed by atoms with Crippen LogP contribution in [0.5, 0.6) is 0 Å². The topological polar surface area (TPSA) is 194 Å². The lowest BCUT2D eigenvalue weighted by molar-refractivity contribution is -0.145. The van der Waals surface area contributed by atoms with Gasteiger partial charge in [-0.25, -0.2) is 0 Å². The molecule has 0 aromatic heterocycles. The van der Waals surface area contributed by atoms with Crippen LogP contribution in [0.2, 0.25) is 0 Å². The minimum absolute atomic E-state index is 0.0214. The first-order valence-corrected chi connectivity index (χ1v) is 13.1. The van der Waals surface area contributed by atoms with Crippen LogP contribution >= 0.6 is 0 Å². The molecule has 0 spiro atoms. The van der Waals surface area contributed by atoms with Gasteiger partial charge < -0.3 is 30.8 Å². The molecular formula is C24H45N5O9. The number of hydrogen-bond donors (Lipinski definition) is 6. The Bertz CT molecular complexity index is 753. The second-order valence-electron chi connectivity index (χ2n) is 10.1. The monoisotopic (exact) mass is 547 g/mol. The number of carbonyl (C=O) groups is 4. The first kappa shape index (κ1) is 33.7. The molecule has 0 saturated carbocycles. The summed E-state index contributed by atoms with van der Waals surface area (Å²) >= 11 is 0. The van der Waals surface area contributed by atoms with Crippen molar-refractivity contribution in [1.82, 2.24) is 24.9 Å². The van der Waals surface area contributed by atoms with Crippen LogP contribution in [0.3, 0.4) is 0 Å². The Morgan fingerprint density at radius 1 is 0.737 bits per heavy atom. The number of amides is 1. The van der Waals surface area contributed by atoms with E-state index in [4.69, 9.17) is 0 Å². The van der Waals surface area contributed by atoms with Gasteiger partial charge in [0.2, 0.25) is 5.91 Å². The minimum Gasteiger partial charge on any atom is -0.480 e. The fourth-order valence-corrected chi connectivity index (χ4v) is 4.30.